The monoisotopic (exact) mass is 373 g/mol. The Morgan fingerprint density at radius 1 is 1.04 bits per heavy atom. The topological polar surface area (TPSA) is 89.8 Å². The van der Waals surface area contributed by atoms with Gasteiger partial charge in [0.15, 0.2) is 5.82 Å². The third kappa shape index (κ3) is 2.66. The molecule has 0 spiro atoms. The fourth-order valence-electron chi connectivity index (χ4n) is 5.84. The van der Waals surface area contributed by atoms with Gasteiger partial charge in [0.25, 0.3) is 0 Å². The number of rotatable bonds is 4. The van der Waals surface area contributed by atoms with Crippen molar-refractivity contribution in [2.24, 2.45) is 24.8 Å². The van der Waals surface area contributed by atoms with E-state index in [0.717, 1.165) is 24.8 Å². The highest BCUT2D eigenvalue weighted by atomic mass is 32.2. The molecule has 0 amide bonds. The average molecular weight is 373 g/mol. The summed E-state index contributed by atoms with van der Waals surface area (Å²) in [5.41, 5.74) is 0.575. The Morgan fingerprint density at radius 2 is 1.62 bits per heavy atom. The number of benzene rings is 1. The van der Waals surface area contributed by atoms with Crippen molar-refractivity contribution in [3.63, 3.8) is 0 Å². The zero-order chi connectivity index (χ0) is 17.9. The Labute approximate surface area is 153 Å². The molecule has 4 aliphatic rings. The van der Waals surface area contributed by atoms with Crippen molar-refractivity contribution >= 4 is 10.0 Å². The van der Waals surface area contributed by atoms with Gasteiger partial charge < -0.3 is 0 Å². The molecule has 4 fully saturated rings. The fourth-order valence-corrected chi connectivity index (χ4v) is 7.27. The lowest BCUT2D eigenvalue weighted by Gasteiger charge is -2.56. The summed E-state index contributed by atoms with van der Waals surface area (Å²) in [5, 5.41) is 11.4. The van der Waals surface area contributed by atoms with Crippen molar-refractivity contribution in [2.75, 3.05) is 0 Å². The van der Waals surface area contributed by atoms with E-state index in [1.807, 2.05) is 0 Å². The van der Waals surface area contributed by atoms with Crippen LogP contribution in [0.25, 0.3) is 11.4 Å². The number of aromatic nitrogens is 4. The quantitative estimate of drug-likeness (QED) is 0.887. The third-order valence-electron chi connectivity index (χ3n) is 6.43. The molecule has 0 unspecified atom stereocenters. The maximum atomic E-state index is 13.0. The molecule has 1 aromatic heterocycles. The molecule has 26 heavy (non-hydrogen) atoms. The van der Waals surface area contributed by atoms with Gasteiger partial charge in [0.1, 0.15) is 0 Å². The van der Waals surface area contributed by atoms with Crippen molar-refractivity contribution in [1.29, 1.82) is 0 Å². The molecule has 0 saturated heterocycles. The third-order valence-corrected chi connectivity index (χ3v) is 8.03. The van der Waals surface area contributed by atoms with Gasteiger partial charge in [-0.05, 0) is 91.0 Å². The van der Waals surface area contributed by atoms with Crippen LogP contribution < -0.4 is 4.72 Å². The van der Waals surface area contributed by atoms with E-state index in [-0.39, 0.29) is 5.54 Å². The molecule has 2 aromatic rings. The molecule has 7 nitrogen and oxygen atoms in total. The van der Waals surface area contributed by atoms with E-state index in [4.69, 9.17) is 0 Å². The summed E-state index contributed by atoms with van der Waals surface area (Å²) >= 11 is 0. The van der Waals surface area contributed by atoms with Crippen molar-refractivity contribution < 1.29 is 8.42 Å². The van der Waals surface area contributed by atoms with E-state index in [2.05, 4.69) is 20.2 Å². The number of sulfonamides is 1. The molecule has 6 rings (SSSR count). The van der Waals surface area contributed by atoms with Gasteiger partial charge in [-0.1, -0.05) is 0 Å². The summed E-state index contributed by atoms with van der Waals surface area (Å²) in [6.45, 7) is 0. The van der Waals surface area contributed by atoms with Crippen LogP contribution in [-0.2, 0) is 17.1 Å². The molecule has 0 radical (unpaired) electrons. The van der Waals surface area contributed by atoms with Gasteiger partial charge in [0, 0.05) is 18.2 Å². The predicted octanol–water partition coefficient (Wildman–Crippen LogP) is 2.12. The molecule has 0 aliphatic heterocycles. The number of hydrogen-bond donors (Lipinski definition) is 1. The minimum absolute atomic E-state index is 0.222. The van der Waals surface area contributed by atoms with E-state index in [1.165, 1.54) is 19.3 Å². The first-order chi connectivity index (χ1) is 12.4. The van der Waals surface area contributed by atoms with Crippen LogP contribution in [-0.4, -0.2) is 34.2 Å². The maximum Gasteiger partial charge on any atom is 0.241 e. The highest BCUT2D eigenvalue weighted by molar-refractivity contribution is 7.89. The number of hydrogen-bond acceptors (Lipinski definition) is 5. The van der Waals surface area contributed by atoms with Gasteiger partial charge in [0.2, 0.25) is 10.0 Å². The molecular weight excluding hydrogens is 350 g/mol. The van der Waals surface area contributed by atoms with Crippen LogP contribution in [0, 0.1) is 17.8 Å². The van der Waals surface area contributed by atoms with Crippen LogP contribution in [0.15, 0.2) is 29.2 Å². The number of nitrogens with zero attached hydrogens (tertiary/aromatic N) is 4. The van der Waals surface area contributed by atoms with Crippen LogP contribution in [0.2, 0.25) is 0 Å². The van der Waals surface area contributed by atoms with Gasteiger partial charge in [-0.15, -0.1) is 5.10 Å². The standard InChI is InChI=1S/C18H23N5O2S/c1-23-17(19-21-22-23)15-2-4-16(5-3-15)26(24,25)20-18-9-12-6-13(10-18)8-14(7-12)11-18/h2-5,12-14,20H,6-11H2,1H3. The van der Waals surface area contributed by atoms with Gasteiger partial charge in [-0.25, -0.2) is 17.8 Å². The van der Waals surface area contributed by atoms with Gasteiger partial charge in [0.05, 0.1) is 4.90 Å². The fraction of sp³-hybridized carbons (Fsp3) is 0.611. The summed E-state index contributed by atoms with van der Waals surface area (Å²) in [6.07, 6.45) is 6.88. The molecule has 138 valence electrons. The molecule has 8 heteroatoms. The predicted molar refractivity (Wildman–Crippen MR) is 95.5 cm³/mol. The molecule has 1 N–H and O–H groups in total. The van der Waals surface area contributed by atoms with Crippen LogP contribution in [0.3, 0.4) is 0 Å². The van der Waals surface area contributed by atoms with Crippen LogP contribution in [0.4, 0.5) is 0 Å². The molecular formula is C18H23N5O2S. The SMILES string of the molecule is Cn1nnnc1-c1ccc(S(=O)(=O)NC23CC4CC(CC(C4)C2)C3)cc1. The van der Waals surface area contributed by atoms with Crippen LogP contribution in [0.5, 0.6) is 0 Å². The second-order valence-corrected chi connectivity index (χ2v) is 10.1. The first kappa shape index (κ1) is 16.4. The number of nitrogens with one attached hydrogen (secondary N) is 1. The first-order valence-corrected chi connectivity index (χ1v) is 10.8. The van der Waals surface area contributed by atoms with Crippen molar-refractivity contribution in [2.45, 2.75) is 49.0 Å². The first-order valence-electron chi connectivity index (χ1n) is 9.29. The van der Waals surface area contributed by atoms with Crippen molar-refractivity contribution in [1.82, 2.24) is 24.9 Å². The lowest BCUT2D eigenvalue weighted by molar-refractivity contribution is -0.00810. The largest absolute Gasteiger partial charge is 0.241 e. The number of aryl methyl sites for hydroxylation is 1. The second-order valence-electron chi connectivity index (χ2n) is 8.45. The second kappa shape index (κ2) is 5.60. The van der Waals surface area contributed by atoms with Crippen LogP contribution in [0.1, 0.15) is 38.5 Å². The van der Waals surface area contributed by atoms with Crippen molar-refractivity contribution in [3.05, 3.63) is 24.3 Å². The molecule has 4 saturated carbocycles. The highest BCUT2D eigenvalue weighted by Gasteiger charge is 2.52. The molecule has 1 aromatic carbocycles. The Balaban J connectivity index is 1.40. The lowest BCUT2D eigenvalue weighted by Crippen LogP contribution is -2.59. The zero-order valence-electron chi connectivity index (χ0n) is 14.8. The Kier molecular flexibility index (Phi) is 3.53. The summed E-state index contributed by atoms with van der Waals surface area (Å²) in [5.74, 6) is 2.72. The maximum absolute atomic E-state index is 13.0. The average Bonchev–Trinajstić information content (AvgIpc) is 2.99. The van der Waals surface area contributed by atoms with Gasteiger partial charge in [-0.2, -0.15) is 0 Å². The minimum Gasteiger partial charge on any atom is -0.229 e. The van der Waals surface area contributed by atoms with Crippen molar-refractivity contribution in [3.8, 4) is 11.4 Å². The Hall–Kier alpha value is -1.80. The molecule has 0 atom stereocenters. The Morgan fingerprint density at radius 3 is 2.12 bits per heavy atom. The normalized spacial score (nSPS) is 32.9. The van der Waals surface area contributed by atoms with Gasteiger partial charge in [-0.3, -0.25) is 0 Å². The van der Waals surface area contributed by atoms with Gasteiger partial charge >= 0.3 is 0 Å². The number of tetrazole rings is 1. The lowest BCUT2D eigenvalue weighted by atomic mass is 9.53. The van der Waals surface area contributed by atoms with Crippen LogP contribution >= 0.6 is 0 Å². The molecule has 4 bridgehead atoms. The van der Waals surface area contributed by atoms with E-state index in [0.29, 0.717) is 28.5 Å². The summed E-state index contributed by atoms with van der Waals surface area (Å²) < 4.78 is 30.7. The molecule has 1 heterocycles. The molecule has 4 aliphatic carbocycles. The van der Waals surface area contributed by atoms with E-state index >= 15 is 0 Å². The Bertz CT molecular complexity index is 899. The van der Waals surface area contributed by atoms with E-state index < -0.39 is 10.0 Å². The minimum atomic E-state index is -3.53. The summed E-state index contributed by atoms with van der Waals surface area (Å²) in [6, 6.07) is 6.82. The smallest absolute Gasteiger partial charge is 0.229 e. The van der Waals surface area contributed by atoms with E-state index in [9.17, 15) is 8.42 Å². The summed E-state index contributed by atoms with van der Waals surface area (Å²) in [4.78, 5) is 0.312. The summed E-state index contributed by atoms with van der Waals surface area (Å²) in [7, 11) is -1.77. The highest BCUT2D eigenvalue weighted by Crippen LogP contribution is 2.55. The zero-order valence-corrected chi connectivity index (χ0v) is 15.6. The van der Waals surface area contributed by atoms with E-state index in [1.54, 1.807) is 36.0 Å².